The first kappa shape index (κ1) is 31.6. The molecule has 0 radical (unpaired) electrons. The van der Waals surface area contributed by atoms with Crippen LogP contribution in [0.2, 0.25) is 0 Å². The average molecular weight is 690 g/mol. The third-order valence-electron chi connectivity index (χ3n) is 10.5. The maximum Gasteiger partial charge on any atom is 0.145 e. The van der Waals surface area contributed by atoms with Crippen molar-refractivity contribution in [2.75, 3.05) is 4.90 Å². The van der Waals surface area contributed by atoms with Gasteiger partial charge in [-0.05, 0) is 86.6 Å². The van der Waals surface area contributed by atoms with E-state index in [0.717, 1.165) is 55.7 Å². The monoisotopic (exact) mass is 689 g/mol. The van der Waals surface area contributed by atoms with Crippen molar-refractivity contribution in [3.8, 4) is 44.5 Å². The number of nitrogens with zero attached hydrogens (tertiary/aromatic N) is 1. The molecule has 1 heterocycles. The van der Waals surface area contributed by atoms with Gasteiger partial charge < -0.3 is 9.32 Å². The number of furan rings is 1. The number of hydrogen-bond donors (Lipinski definition) is 0. The maximum absolute atomic E-state index is 6.76. The molecule has 0 atom stereocenters. The molecule has 0 aliphatic rings. The summed E-state index contributed by atoms with van der Waals surface area (Å²) in [5.74, 6) is 0. The van der Waals surface area contributed by atoms with E-state index in [2.05, 4.69) is 211 Å². The molecule has 0 saturated heterocycles. The van der Waals surface area contributed by atoms with Gasteiger partial charge in [0.2, 0.25) is 0 Å². The summed E-state index contributed by atoms with van der Waals surface area (Å²) in [7, 11) is 0. The SMILES string of the molecule is c1ccc(-c2ccc(-c3ccc(N(c4ccccc4-c4ccc5ccccc5c4)c4ccc(-c5ccccc5)c5oc6ccccc6c45)cc3)cc2)cc1. The zero-order valence-electron chi connectivity index (χ0n) is 29.6. The van der Waals surface area contributed by atoms with Crippen LogP contribution in [-0.4, -0.2) is 0 Å². The second-order valence-corrected chi connectivity index (χ2v) is 13.7. The highest BCUT2D eigenvalue weighted by molar-refractivity contribution is 6.17. The molecule has 0 unspecified atom stereocenters. The van der Waals surface area contributed by atoms with E-state index in [1.54, 1.807) is 0 Å². The third kappa shape index (κ3) is 5.62. The number of fused-ring (bicyclic) bond motifs is 4. The smallest absolute Gasteiger partial charge is 0.145 e. The zero-order chi connectivity index (χ0) is 35.8. The lowest BCUT2D eigenvalue weighted by molar-refractivity contribution is 0.670. The summed E-state index contributed by atoms with van der Waals surface area (Å²) in [5.41, 5.74) is 14.2. The molecule has 0 saturated carbocycles. The lowest BCUT2D eigenvalue weighted by Crippen LogP contribution is -2.11. The Hall–Kier alpha value is -7.16. The van der Waals surface area contributed by atoms with Gasteiger partial charge >= 0.3 is 0 Å². The highest BCUT2D eigenvalue weighted by atomic mass is 16.3. The molecule has 0 N–H and O–H groups in total. The fraction of sp³-hybridized carbons (Fsp3) is 0. The Morgan fingerprint density at radius 2 is 0.889 bits per heavy atom. The van der Waals surface area contributed by atoms with Gasteiger partial charge in [0.1, 0.15) is 11.2 Å². The average Bonchev–Trinajstić information content (AvgIpc) is 3.65. The maximum atomic E-state index is 6.76. The summed E-state index contributed by atoms with van der Waals surface area (Å²) in [5, 5.41) is 4.62. The number of benzene rings is 9. The molecule has 1 aromatic heterocycles. The Kier molecular flexibility index (Phi) is 7.85. The van der Waals surface area contributed by atoms with Crippen LogP contribution in [0.25, 0.3) is 77.2 Å². The normalized spacial score (nSPS) is 11.3. The number of rotatable bonds is 7. The molecule has 0 aliphatic carbocycles. The summed E-state index contributed by atoms with van der Waals surface area (Å²) in [4.78, 5) is 2.41. The number of anilines is 3. The third-order valence-corrected chi connectivity index (χ3v) is 10.5. The van der Waals surface area contributed by atoms with Crippen LogP contribution in [0.1, 0.15) is 0 Å². The molecule has 2 nitrogen and oxygen atoms in total. The van der Waals surface area contributed by atoms with Crippen molar-refractivity contribution in [2.24, 2.45) is 0 Å². The van der Waals surface area contributed by atoms with Crippen molar-refractivity contribution < 1.29 is 4.42 Å². The quantitative estimate of drug-likeness (QED) is 0.166. The lowest BCUT2D eigenvalue weighted by atomic mass is 9.96. The van der Waals surface area contributed by atoms with Gasteiger partial charge in [-0.15, -0.1) is 0 Å². The summed E-state index contributed by atoms with van der Waals surface area (Å²) < 4.78 is 6.76. The molecule has 0 bridgehead atoms. The minimum atomic E-state index is 0.870. The molecule has 0 amide bonds. The van der Waals surface area contributed by atoms with Gasteiger partial charge in [-0.2, -0.15) is 0 Å². The molecule has 10 aromatic rings. The van der Waals surface area contributed by atoms with Crippen molar-refractivity contribution in [2.45, 2.75) is 0 Å². The van der Waals surface area contributed by atoms with E-state index in [4.69, 9.17) is 4.42 Å². The molecule has 0 aliphatic heterocycles. The first-order valence-corrected chi connectivity index (χ1v) is 18.4. The fourth-order valence-corrected chi connectivity index (χ4v) is 7.81. The highest BCUT2D eigenvalue weighted by Crippen LogP contribution is 2.48. The second kappa shape index (κ2) is 13.4. The largest absolute Gasteiger partial charge is 0.455 e. The van der Waals surface area contributed by atoms with Gasteiger partial charge in [-0.3, -0.25) is 0 Å². The minimum absolute atomic E-state index is 0.870. The molecule has 9 aromatic carbocycles. The van der Waals surface area contributed by atoms with E-state index in [1.165, 1.54) is 38.6 Å². The summed E-state index contributed by atoms with van der Waals surface area (Å²) in [6.45, 7) is 0. The standard InChI is InChI=1S/C52H35NO/c1-3-13-36(14-4-1)38-23-25-39(26-24-38)40-29-31-44(32-30-40)53(48-21-11-9-19-45(48)43-28-27-37-15-7-8-18-42(37)35-43)49-34-33-46(41-16-5-2-6-17-41)52-51(49)47-20-10-12-22-50(47)54-52/h1-35H. The summed E-state index contributed by atoms with van der Waals surface area (Å²) in [6, 6.07) is 75.8. The van der Waals surface area contributed by atoms with Crippen LogP contribution in [0, 0.1) is 0 Å². The summed E-state index contributed by atoms with van der Waals surface area (Å²) >= 11 is 0. The van der Waals surface area contributed by atoms with E-state index >= 15 is 0 Å². The van der Waals surface area contributed by atoms with Crippen molar-refractivity contribution in [3.63, 3.8) is 0 Å². The first-order chi connectivity index (χ1) is 26.8. The number of para-hydroxylation sites is 2. The van der Waals surface area contributed by atoms with Crippen LogP contribution < -0.4 is 4.90 Å². The van der Waals surface area contributed by atoms with Crippen LogP contribution in [0.3, 0.4) is 0 Å². The molecule has 10 rings (SSSR count). The van der Waals surface area contributed by atoms with Gasteiger partial charge in [0.05, 0.1) is 16.8 Å². The predicted molar refractivity (Wildman–Crippen MR) is 228 cm³/mol. The van der Waals surface area contributed by atoms with Gasteiger partial charge in [-0.25, -0.2) is 0 Å². The van der Waals surface area contributed by atoms with Crippen LogP contribution in [0.4, 0.5) is 17.1 Å². The predicted octanol–water partition coefficient (Wildman–Crippen LogP) is 14.9. The first-order valence-electron chi connectivity index (χ1n) is 18.4. The molecular formula is C52H35NO. The van der Waals surface area contributed by atoms with E-state index in [9.17, 15) is 0 Å². The molecule has 2 heteroatoms. The van der Waals surface area contributed by atoms with Crippen LogP contribution in [-0.2, 0) is 0 Å². The van der Waals surface area contributed by atoms with Gasteiger partial charge in [0.25, 0.3) is 0 Å². The Morgan fingerprint density at radius 3 is 1.63 bits per heavy atom. The molecule has 54 heavy (non-hydrogen) atoms. The molecule has 0 spiro atoms. The van der Waals surface area contributed by atoms with Crippen molar-refractivity contribution in [3.05, 3.63) is 212 Å². The van der Waals surface area contributed by atoms with Crippen LogP contribution >= 0.6 is 0 Å². The van der Waals surface area contributed by atoms with Gasteiger partial charge in [0, 0.05) is 22.2 Å². The Morgan fingerprint density at radius 1 is 0.333 bits per heavy atom. The van der Waals surface area contributed by atoms with E-state index < -0.39 is 0 Å². The van der Waals surface area contributed by atoms with Gasteiger partial charge in [0.15, 0.2) is 0 Å². The van der Waals surface area contributed by atoms with Crippen molar-refractivity contribution >= 4 is 49.8 Å². The molecule has 254 valence electrons. The summed E-state index contributed by atoms with van der Waals surface area (Å²) in [6.07, 6.45) is 0. The second-order valence-electron chi connectivity index (χ2n) is 13.7. The van der Waals surface area contributed by atoms with Crippen molar-refractivity contribution in [1.29, 1.82) is 0 Å². The minimum Gasteiger partial charge on any atom is -0.455 e. The Labute approximate surface area is 314 Å². The Bertz CT molecular complexity index is 2910. The van der Waals surface area contributed by atoms with Crippen LogP contribution in [0.15, 0.2) is 217 Å². The zero-order valence-corrected chi connectivity index (χ0v) is 29.6. The van der Waals surface area contributed by atoms with Crippen molar-refractivity contribution in [1.82, 2.24) is 0 Å². The fourth-order valence-electron chi connectivity index (χ4n) is 7.81. The Balaban J connectivity index is 1.17. The topological polar surface area (TPSA) is 16.4 Å². The molecule has 0 fully saturated rings. The van der Waals surface area contributed by atoms with E-state index in [1.807, 2.05) is 6.07 Å². The van der Waals surface area contributed by atoms with E-state index in [0.29, 0.717) is 0 Å². The number of hydrogen-bond acceptors (Lipinski definition) is 2. The molecular weight excluding hydrogens is 655 g/mol. The van der Waals surface area contributed by atoms with E-state index in [-0.39, 0.29) is 0 Å². The lowest BCUT2D eigenvalue weighted by Gasteiger charge is -2.29. The van der Waals surface area contributed by atoms with Crippen LogP contribution in [0.5, 0.6) is 0 Å². The highest BCUT2D eigenvalue weighted by Gasteiger charge is 2.24. The van der Waals surface area contributed by atoms with Gasteiger partial charge in [-0.1, -0.05) is 170 Å².